The quantitative estimate of drug-likeness (QED) is 0.729. The van der Waals surface area contributed by atoms with E-state index in [1.165, 1.54) is 11.3 Å². The zero-order valence-electron chi connectivity index (χ0n) is 14.4. The van der Waals surface area contributed by atoms with Gasteiger partial charge < -0.3 is 14.8 Å². The van der Waals surface area contributed by atoms with Crippen LogP contribution in [0.1, 0.15) is 38.2 Å². The summed E-state index contributed by atoms with van der Waals surface area (Å²) in [5.41, 5.74) is 3.32. The molecule has 1 unspecified atom stereocenters. The Bertz CT molecular complexity index is 864. The highest BCUT2D eigenvalue weighted by Gasteiger charge is 2.18. The number of nitrogens with zero attached hydrogens (tertiary/aromatic N) is 1. The van der Waals surface area contributed by atoms with Gasteiger partial charge in [0.15, 0.2) is 10.8 Å². The number of hydrogen-bond donors (Lipinski definition) is 2. The monoisotopic (exact) mass is 356 g/mol. The second-order valence-corrected chi connectivity index (χ2v) is 7.25. The van der Waals surface area contributed by atoms with E-state index in [1.807, 2.05) is 45.0 Å². The standard InChI is InChI=1S/C19H20N2O3S/c1-11-7-12(2)9-14(8-11)15(22)10-20-18(23)17-13(3)25-19(21-17)16-5-4-6-24-16/h4-9,15,22H,10H2,1-3H3,(H,20,23). The van der Waals surface area contributed by atoms with Gasteiger partial charge in [-0.05, 0) is 38.5 Å². The number of carbonyl (C=O) groups excluding carboxylic acids is 1. The molecule has 1 atom stereocenters. The van der Waals surface area contributed by atoms with Crippen molar-refractivity contribution in [2.45, 2.75) is 26.9 Å². The first kappa shape index (κ1) is 17.4. The number of carbonyl (C=O) groups is 1. The predicted molar refractivity (Wildman–Crippen MR) is 97.8 cm³/mol. The van der Waals surface area contributed by atoms with Gasteiger partial charge in [-0.1, -0.05) is 29.3 Å². The summed E-state index contributed by atoms with van der Waals surface area (Å²) >= 11 is 1.41. The number of benzene rings is 1. The average Bonchev–Trinajstić information content (AvgIpc) is 3.20. The Hall–Kier alpha value is -2.44. The Morgan fingerprint density at radius 3 is 2.64 bits per heavy atom. The number of aliphatic hydroxyl groups excluding tert-OH is 1. The number of nitrogens with one attached hydrogen (secondary N) is 1. The van der Waals surface area contributed by atoms with Gasteiger partial charge in [0.25, 0.3) is 5.91 Å². The molecule has 3 aromatic rings. The van der Waals surface area contributed by atoms with Crippen molar-refractivity contribution in [3.63, 3.8) is 0 Å². The molecule has 0 saturated carbocycles. The number of aryl methyl sites for hydroxylation is 3. The molecule has 0 saturated heterocycles. The molecule has 0 aliphatic carbocycles. The van der Waals surface area contributed by atoms with Crippen LogP contribution in [0.4, 0.5) is 0 Å². The average molecular weight is 356 g/mol. The molecule has 130 valence electrons. The van der Waals surface area contributed by atoms with Crippen molar-refractivity contribution in [1.82, 2.24) is 10.3 Å². The first-order valence-electron chi connectivity index (χ1n) is 8.00. The lowest BCUT2D eigenvalue weighted by molar-refractivity contribution is 0.0911. The van der Waals surface area contributed by atoms with Crippen LogP contribution in [0.25, 0.3) is 10.8 Å². The number of thiazole rings is 1. The van der Waals surface area contributed by atoms with Gasteiger partial charge in [-0.2, -0.15) is 0 Å². The predicted octanol–water partition coefficient (Wildman–Crippen LogP) is 3.79. The highest BCUT2D eigenvalue weighted by atomic mass is 32.1. The lowest BCUT2D eigenvalue weighted by atomic mass is 10.0. The second kappa shape index (κ2) is 7.21. The molecule has 5 nitrogen and oxygen atoms in total. The van der Waals surface area contributed by atoms with Crippen molar-refractivity contribution in [3.8, 4) is 10.8 Å². The molecule has 0 aliphatic heterocycles. The molecule has 25 heavy (non-hydrogen) atoms. The largest absolute Gasteiger partial charge is 0.462 e. The summed E-state index contributed by atoms with van der Waals surface area (Å²) in [6.07, 6.45) is 0.817. The molecule has 1 amide bonds. The summed E-state index contributed by atoms with van der Waals surface area (Å²) in [5, 5.41) is 13.8. The van der Waals surface area contributed by atoms with Crippen LogP contribution in [0.2, 0.25) is 0 Å². The van der Waals surface area contributed by atoms with Crippen LogP contribution < -0.4 is 5.32 Å². The molecule has 0 radical (unpaired) electrons. The third kappa shape index (κ3) is 3.97. The Kier molecular flexibility index (Phi) is 5.01. The molecule has 1 aromatic carbocycles. The minimum absolute atomic E-state index is 0.134. The molecule has 0 aliphatic rings. The van der Waals surface area contributed by atoms with Crippen LogP contribution >= 0.6 is 11.3 Å². The van der Waals surface area contributed by atoms with Crippen molar-refractivity contribution >= 4 is 17.2 Å². The van der Waals surface area contributed by atoms with Gasteiger partial charge in [0.1, 0.15) is 5.69 Å². The Morgan fingerprint density at radius 2 is 2.00 bits per heavy atom. The van der Waals surface area contributed by atoms with E-state index in [2.05, 4.69) is 10.3 Å². The van der Waals surface area contributed by atoms with E-state index in [9.17, 15) is 9.90 Å². The maximum absolute atomic E-state index is 12.4. The molecule has 0 bridgehead atoms. The molecule has 3 rings (SSSR count). The summed E-state index contributed by atoms with van der Waals surface area (Å²) in [6.45, 7) is 5.95. The zero-order valence-corrected chi connectivity index (χ0v) is 15.2. The molecule has 2 heterocycles. The normalized spacial score (nSPS) is 12.2. The van der Waals surface area contributed by atoms with Crippen molar-refractivity contribution in [2.24, 2.45) is 0 Å². The first-order valence-corrected chi connectivity index (χ1v) is 8.81. The van der Waals surface area contributed by atoms with Crippen LogP contribution in [-0.2, 0) is 0 Å². The number of hydrogen-bond acceptors (Lipinski definition) is 5. The van der Waals surface area contributed by atoms with E-state index in [4.69, 9.17) is 4.42 Å². The summed E-state index contributed by atoms with van der Waals surface area (Å²) < 4.78 is 5.32. The highest BCUT2D eigenvalue weighted by molar-refractivity contribution is 7.15. The van der Waals surface area contributed by atoms with Crippen LogP contribution in [-0.4, -0.2) is 22.5 Å². The lowest BCUT2D eigenvalue weighted by Gasteiger charge is -2.13. The highest BCUT2D eigenvalue weighted by Crippen LogP contribution is 2.28. The minimum Gasteiger partial charge on any atom is -0.462 e. The van der Waals surface area contributed by atoms with Crippen molar-refractivity contribution < 1.29 is 14.3 Å². The van der Waals surface area contributed by atoms with E-state index in [1.54, 1.807) is 12.3 Å². The van der Waals surface area contributed by atoms with E-state index < -0.39 is 6.10 Å². The molecular formula is C19H20N2O3S. The Labute approximate surface area is 150 Å². The van der Waals surface area contributed by atoms with E-state index in [0.717, 1.165) is 21.6 Å². The fraction of sp³-hybridized carbons (Fsp3) is 0.263. The van der Waals surface area contributed by atoms with Crippen LogP contribution in [0, 0.1) is 20.8 Å². The van der Waals surface area contributed by atoms with Crippen LogP contribution in [0.5, 0.6) is 0 Å². The minimum atomic E-state index is -0.758. The van der Waals surface area contributed by atoms with Crippen LogP contribution in [0.3, 0.4) is 0 Å². The second-order valence-electron chi connectivity index (χ2n) is 6.05. The van der Waals surface area contributed by atoms with Gasteiger partial charge in [0.2, 0.25) is 0 Å². The smallest absolute Gasteiger partial charge is 0.271 e. The summed E-state index contributed by atoms with van der Waals surface area (Å²) in [6, 6.07) is 9.49. The van der Waals surface area contributed by atoms with Gasteiger partial charge >= 0.3 is 0 Å². The number of aromatic nitrogens is 1. The van der Waals surface area contributed by atoms with Crippen molar-refractivity contribution in [3.05, 3.63) is 63.9 Å². The third-order valence-electron chi connectivity index (χ3n) is 3.83. The number of aliphatic hydroxyl groups is 1. The van der Waals surface area contributed by atoms with E-state index in [-0.39, 0.29) is 12.5 Å². The fourth-order valence-electron chi connectivity index (χ4n) is 2.71. The maximum Gasteiger partial charge on any atom is 0.271 e. The van der Waals surface area contributed by atoms with Gasteiger partial charge in [-0.3, -0.25) is 4.79 Å². The lowest BCUT2D eigenvalue weighted by Crippen LogP contribution is -2.29. The molecule has 0 fully saturated rings. The van der Waals surface area contributed by atoms with Gasteiger partial charge in [0, 0.05) is 11.4 Å². The van der Waals surface area contributed by atoms with E-state index >= 15 is 0 Å². The van der Waals surface area contributed by atoms with Gasteiger partial charge in [-0.25, -0.2) is 4.98 Å². The van der Waals surface area contributed by atoms with E-state index in [0.29, 0.717) is 16.5 Å². The van der Waals surface area contributed by atoms with Gasteiger partial charge in [-0.15, -0.1) is 11.3 Å². The molecule has 2 aromatic heterocycles. The topological polar surface area (TPSA) is 75.4 Å². The first-order chi connectivity index (χ1) is 11.9. The van der Waals surface area contributed by atoms with Gasteiger partial charge in [0.05, 0.1) is 12.4 Å². The summed E-state index contributed by atoms with van der Waals surface area (Å²) in [5.74, 6) is 0.345. The Balaban J connectivity index is 1.68. The zero-order chi connectivity index (χ0) is 18.0. The number of rotatable bonds is 5. The third-order valence-corrected chi connectivity index (χ3v) is 4.81. The SMILES string of the molecule is Cc1cc(C)cc(C(O)CNC(=O)c2nc(-c3ccco3)sc2C)c1. The summed E-state index contributed by atoms with van der Waals surface area (Å²) in [4.78, 5) is 17.6. The van der Waals surface area contributed by atoms with Crippen LogP contribution in [0.15, 0.2) is 41.0 Å². The fourth-order valence-corrected chi connectivity index (χ4v) is 3.58. The molecule has 2 N–H and O–H groups in total. The number of amides is 1. The number of furan rings is 1. The maximum atomic E-state index is 12.4. The molecule has 6 heteroatoms. The Morgan fingerprint density at radius 1 is 1.28 bits per heavy atom. The van der Waals surface area contributed by atoms with Crippen molar-refractivity contribution in [1.29, 1.82) is 0 Å². The molecule has 0 spiro atoms. The summed E-state index contributed by atoms with van der Waals surface area (Å²) in [7, 11) is 0. The van der Waals surface area contributed by atoms with Crippen molar-refractivity contribution in [2.75, 3.05) is 6.54 Å². The molecular weight excluding hydrogens is 336 g/mol.